The van der Waals surface area contributed by atoms with Gasteiger partial charge in [0, 0.05) is 26.6 Å². The molecule has 4 nitrogen and oxygen atoms in total. The molecule has 1 aromatic heterocycles. The quantitative estimate of drug-likeness (QED) is 0.792. The number of amides is 1. The fourth-order valence-electron chi connectivity index (χ4n) is 1.25. The van der Waals surface area contributed by atoms with Gasteiger partial charge in [-0.1, -0.05) is 6.92 Å². The predicted molar refractivity (Wildman–Crippen MR) is 59.0 cm³/mol. The van der Waals surface area contributed by atoms with Crippen LogP contribution in [0.1, 0.15) is 23.2 Å². The molecule has 0 aliphatic carbocycles. The van der Waals surface area contributed by atoms with Crippen LogP contribution >= 0.6 is 0 Å². The highest BCUT2D eigenvalue weighted by atomic mass is 16.4. The molecule has 0 aromatic carbocycles. The standard InChI is InChI=1S/C11H18N2O2/c1-4-9-5-6-10(15-9)11(14)13(3)8-7-12-2/h5-6,12H,4,7-8H2,1-3H3. The van der Waals surface area contributed by atoms with Gasteiger partial charge in [-0.25, -0.2) is 0 Å². The minimum Gasteiger partial charge on any atom is -0.456 e. The van der Waals surface area contributed by atoms with E-state index in [1.54, 1.807) is 18.0 Å². The molecule has 0 radical (unpaired) electrons. The lowest BCUT2D eigenvalue weighted by Crippen LogP contribution is -2.32. The summed E-state index contributed by atoms with van der Waals surface area (Å²) in [6.45, 7) is 3.46. The van der Waals surface area contributed by atoms with E-state index in [0.717, 1.165) is 18.7 Å². The molecule has 0 aliphatic rings. The van der Waals surface area contributed by atoms with E-state index in [0.29, 0.717) is 12.3 Å². The number of carbonyl (C=O) groups excluding carboxylic acids is 1. The van der Waals surface area contributed by atoms with Gasteiger partial charge in [0.05, 0.1) is 0 Å². The molecule has 1 heterocycles. The van der Waals surface area contributed by atoms with Crippen LogP contribution < -0.4 is 5.32 Å². The van der Waals surface area contributed by atoms with E-state index >= 15 is 0 Å². The van der Waals surface area contributed by atoms with Gasteiger partial charge in [0.15, 0.2) is 5.76 Å². The largest absolute Gasteiger partial charge is 0.456 e. The van der Waals surface area contributed by atoms with Gasteiger partial charge >= 0.3 is 0 Å². The van der Waals surface area contributed by atoms with Gasteiger partial charge < -0.3 is 14.6 Å². The number of carbonyl (C=O) groups is 1. The van der Waals surface area contributed by atoms with Crippen LogP contribution in [-0.4, -0.2) is 38.0 Å². The Morgan fingerprint density at radius 2 is 2.27 bits per heavy atom. The van der Waals surface area contributed by atoms with Gasteiger partial charge in [0.25, 0.3) is 5.91 Å². The molecular weight excluding hydrogens is 192 g/mol. The zero-order valence-corrected chi connectivity index (χ0v) is 9.54. The molecule has 0 bridgehead atoms. The van der Waals surface area contributed by atoms with Crippen molar-refractivity contribution in [2.24, 2.45) is 0 Å². The second-order valence-electron chi connectivity index (χ2n) is 3.45. The molecule has 1 amide bonds. The molecule has 84 valence electrons. The maximum atomic E-state index is 11.8. The zero-order valence-electron chi connectivity index (χ0n) is 9.54. The summed E-state index contributed by atoms with van der Waals surface area (Å²) in [6, 6.07) is 3.58. The van der Waals surface area contributed by atoms with Crippen molar-refractivity contribution in [2.75, 3.05) is 27.2 Å². The third kappa shape index (κ3) is 3.09. The highest BCUT2D eigenvalue weighted by molar-refractivity contribution is 5.91. The molecule has 0 spiro atoms. The maximum absolute atomic E-state index is 11.8. The normalized spacial score (nSPS) is 10.3. The van der Waals surface area contributed by atoms with Crippen LogP contribution in [0.2, 0.25) is 0 Å². The molecule has 15 heavy (non-hydrogen) atoms. The zero-order chi connectivity index (χ0) is 11.3. The van der Waals surface area contributed by atoms with E-state index in [1.807, 2.05) is 20.0 Å². The predicted octanol–water partition coefficient (Wildman–Crippen LogP) is 1.13. The van der Waals surface area contributed by atoms with E-state index in [4.69, 9.17) is 4.42 Å². The van der Waals surface area contributed by atoms with Crippen molar-refractivity contribution >= 4 is 5.91 Å². The van der Waals surface area contributed by atoms with Crippen LogP contribution in [0, 0.1) is 0 Å². The lowest BCUT2D eigenvalue weighted by atomic mass is 10.3. The third-order valence-electron chi connectivity index (χ3n) is 2.26. The molecular formula is C11H18N2O2. The summed E-state index contributed by atoms with van der Waals surface area (Å²) in [5.74, 6) is 1.20. The Balaban J connectivity index is 2.59. The summed E-state index contributed by atoms with van der Waals surface area (Å²) in [6.07, 6.45) is 0.813. The molecule has 1 aromatic rings. The second-order valence-corrected chi connectivity index (χ2v) is 3.45. The number of rotatable bonds is 5. The van der Waals surface area contributed by atoms with E-state index in [2.05, 4.69) is 5.32 Å². The van der Waals surface area contributed by atoms with Crippen LogP contribution in [0.3, 0.4) is 0 Å². The summed E-state index contributed by atoms with van der Waals surface area (Å²) in [5, 5.41) is 3.00. The SMILES string of the molecule is CCc1ccc(C(=O)N(C)CCNC)o1. The van der Waals surface area contributed by atoms with E-state index in [-0.39, 0.29) is 5.91 Å². The smallest absolute Gasteiger partial charge is 0.289 e. The Kier molecular flexibility index (Phi) is 4.37. The molecule has 1 rings (SSSR count). The Morgan fingerprint density at radius 1 is 1.53 bits per heavy atom. The van der Waals surface area contributed by atoms with Crippen LogP contribution in [0.5, 0.6) is 0 Å². The molecule has 0 saturated heterocycles. The summed E-state index contributed by atoms with van der Waals surface area (Å²) < 4.78 is 5.38. The first-order valence-corrected chi connectivity index (χ1v) is 5.17. The summed E-state index contributed by atoms with van der Waals surface area (Å²) in [4.78, 5) is 13.4. The minimum absolute atomic E-state index is 0.0649. The molecule has 0 unspecified atom stereocenters. The highest BCUT2D eigenvalue weighted by Crippen LogP contribution is 2.10. The van der Waals surface area contributed by atoms with Crippen LogP contribution in [0.25, 0.3) is 0 Å². The average molecular weight is 210 g/mol. The van der Waals surface area contributed by atoms with Crippen molar-refractivity contribution < 1.29 is 9.21 Å². The van der Waals surface area contributed by atoms with Crippen LogP contribution in [-0.2, 0) is 6.42 Å². The average Bonchev–Trinajstić information content (AvgIpc) is 2.73. The first-order chi connectivity index (χ1) is 7.19. The van der Waals surface area contributed by atoms with E-state index in [9.17, 15) is 4.79 Å². The number of aryl methyl sites for hydroxylation is 1. The molecule has 0 aliphatic heterocycles. The number of furan rings is 1. The number of hydrogen-bond donors (Lipinski definition) is 1. The van der Waals surface area contributed by atoms with Gasteiger partial charge in [0.2, 0.25) is 0 Å². The third-order valence-corrected chi connectivity index (χ3v) is 2.26. The summed E-state index contributed by atoms with van der Waals surface area (Å²) >= 11 is 0. The van der Waals surface area contributed by atoms with Crippen molar-refractivity contribution in [1.82, 2.24) is 10.2 Å². The lowest BCUT2D eigenvalue weighted by molar-refractivity contribution is 0.0763. The number of nitrogens with one attached hydrogen (secondary N) is 1. The van der Waals surface area contributed by atoms with Crippen LogP contribution in [0.4, 0.5) is 0 Å². The van der Waals surface area contributed by atoms with Crippen molar-refractivity contribution in [3.63, 3.8) is 0 Å². The van der Waals surface area contributed by atoms with Crippen molar-refractivity contribution in [3.05, 3.63) is 23.7 Å². The topological polar surface area (TPSA) is 45.5 Å². The monoisotopic (exact) mass is 210 g/mol. The van der Waals surface area contributed by atoms with E-state index in [1.165, 1.54) is 0 Å². The van der Waals surface area contributed by atoms with Crippen molar-refractivity contribution in [2.45, 2.75) is 13.3 Å². The number of nitrogens with zero attached hydrogens (tertiary/aromatic N) is 1. The molecule has 0 fully saturated rings. The van der Waals surface area contributed by atoms with E-state index < -0.39 is 0 Å². The molecule has 0 atom stereocenters. The van der Waals surface area contributed by atoms with Crippen molar-refractivity contribution in [3.8, 4) is 0 Å². The molecule has 4 heteroatoms. The fourth-order valence-corrected chi connectivity index (χ4v) is 1.25. The Morgan fingerprint density at radius 3 is 2.80 bits per heavy atom. The lowest BCUT2D eigenvalue weighted by Gasteiger charge is -2.14. The first kappa shape index (κ1) is 11.8. The minimum atomic E-state index is -0.0649. The van der Waals surface area contributed by atoms with Gasteiger partial charge in [-0.3, -0.25) is 4.79 Å². The van der Waals surface area contributed by atoms with Gasteiger partial charge in [-0.2, -0.15) is 0 Å². The summed E-state index contributed by atoms with van der Waals surface area (Å²) in [5.41, 5.74) is 0. The highest BCUT2D eigenvalue weighted by Gasteiger charge is 2.14. The second kappa shape index (κ2) is 5.56. The number of hydrogen-bond acceptors (Lipinski definition) is 3. The number of likely N-dealkylation sites (N-methyl/N-ethyl adjacent to an activating group) is 2. The van der Waals surface area contributed by atoms with Crippen molar-refractivity contribution in [1.29, 1.82) is 0 Å². The first-order valence-electron chi connectivity index (χ1n) is 5.17. The van der Waals surface area contributed by atoms with Gasteiger partial charge in [-0.15, -0.1) is 0 Å². The summed E-state index contributed by atoms with van der Waals surface area (Å²) in [7, 11) is 3.63. The maximum Gasteiger partial charge on any atom is 0.289 e. The van der Waals surface area contributed by atoms with Gasteiger partial charge in [-0.05, 0) is 19.2 Å². The fraction of sp³-hybridized carbons (Fsp3) is 0.545. The Bertz CT molecular complexity index is 320. The molecule has 1 N–H and O–H groups in total. The van der Waals surface area contributed by atoms with Crippen LogP contribution in [0.15, 0.2) is 16.5 Å². The molecule has 0 saturated carbocycles. The van der Waals surface area contributed by atoms with Gasteiger partial charge in [0.1, 0.15) is 5.76 Å². The Labute approximate surface area is 90.3 Å². The Hall–Kier alpha value is -1.29.